The third-order valence-electron chi connectivity index (χ3n) is 3.93. The fourth-order valence-corrected chi connectivity index (χ4v) is 2.78. The standard InChI is InChI=1S/C18H17NO3/c1-20-16-9-14-7-8-22-18(15(14)10-17(16)21-2)13-5-3-12(11-19)4-6-13/h3-6,9-10,18H,7-8H2,1-2H3. The van der Waals surface area contributed by atoms with Crippen LogP contribution in [0.5, 0.6) is 11.5 Å². The van der Waals surface area contributed by atoms with Crippen LogP contribution in [0.4, 0.5) is 0 Å². The van der Waals surface area contributed by atoms with E-state index in [1.54, 1.807) is 14.2 Å². The SMILES string of the molecule is COc1cc2c(cc1OC)C(c1ccc(C#N)cc1)OCC2. The first-order valence-electron chi connectivity index (χ1n) is 7.13. The van der Waals surface area contributed by atoms with Crippen LogP contribution >= 0.6 is 0 Å². The maximum Gasteiger partial charge on any atom is 0.161 e. The number of nitriles is 1. The van der Waals surface area contributed by atoms with Gasteiger partial charge in [-0.05, 0) is 47.4 Å². The van der Waals surface area contributed by atoms with Gasteiger partial charge in [-0.25, -0.2) is 0 Å². The Morgan fingerprint density at radius 1 is 1.09 bits per heavy atom. The summed E-state index contributed by atoms with van der Waals surface area (Å²) >= 11 is 0. The molecule has 112 valence electrons. The summed E-state index contributed by atoms with van der Waals surface area (Å²) in [4.78, 5) is 0. The van der Waals surface area contributed by atoms with E-state index in [1.807, 2.05) is 36.4 Å². The van der Waals surface area contributed by atoms with Gasteiger partial charge in [0.05, 0.1) is 32.5 Å². The normalized spacial score (nSPS) is 16.5. The zero-order chi connectivity index (χ0) is 15.5. The minimum Gasteiger partial charge on any atom is -0.493 e. The van der Waals surface area contributed by atoms with Gasteiger partial charge in [0.15, 0.2) is 11.5 Å². The summed E-state index contributed by atoms with van der Waals surface area (Å²) in [5.41, 5.74) is 3.98. The number of nitrogens with zero attached hydrogens (tertiary/aromatic N) is 1. The molecule has 1 heterocycles. The molecular weight excluding hydrogens is 278 g/mol. The lowest BCUT2D eigenvalue weighted by atomic mass is 9.92. The zero-order valence-electron chi connectivity index (χ0n) is 12.6. The Bertz CT molecular complexity index is 716. The molecule has 4 heteroatoms. The van der Waals surface area contributed by atoms with E-state index in [9.17, 15) is 0 Å². The van der Waals surface area contributed by atoms with Crippen LogP contribution in [0.25, 0.3) is 0 Å². The highest BCUT2D eigenvalue weighted by molar-refractivity contribution is 5.51. The van der Waals surface area contributed by atoms with Crippen molar-refractivity contribution in [3.8, 4) is 17.6 Å². The number of benzene rings is 2. The predicted octanol–water partition coefficient (Wildman–Crippen LogP) is 3.24. The van der Waals surface area contributed by atoms with Crippen LogP contribution in [-0.2, 0) is 11.2 Å². The third-order valence-corrected chi connectivity index (χ3v) is 3.93. The lowest BCUT2D eigenvalue weighted by Crippen LogP contribution is -2.17. The summed E-state index contributed by atoms with van der Waals surface area (Å²) in [5.74, 6) is 1.44. The second-order valence-electron chi connectivity index (χ2n) is 5.14. The average Bonchev–Trinajstić information content (AvgIpc) is 2.60. The van der Waals surface area contributed by atoms with E-state index in [1.165, 1.54) is 5.56 Å². The Kier molecular flexibility index (Phi) is 3.99. The maximum atomic E-state index is 8.91. The molecule has 0 bridgehead atoms. The maximum absolute atomic E-state index is 8.91. The van der Waals surface area contributed by atoms with Gasteiger partial charge in [-0.1, -0.05) is 12.1 Å². The van der Waals surface area contributed by atoms with E-state index < -0.39 is 0 Å². The monoisotopic (exact) mass is 295 g/mol. The van der Waals surface area contributed by atoms with Crippen LogP contribution in [0.1, 0.15) is 28.4 Å². The molecule has 1 unspecified atom stereocenters. The van der Waals surface area contributed by atoms with E-state index in [0.717, 1.165) is 23.3 Å². The van der Waals surface area contributed by atoms with Gasteiger partial charge in [0, 0.05) is 0 Å². The molecule has 0 aliphatic carbocycles. The summed E-state index contributed by atoms with van der Waals surface area (Å²) in [5, 5.41) is 8.91. The van der Waals surface area contributed by atoms with Crippen molar-refractivity contribution in [1.29, 1.82) is 5.26 Å². The molecule has 4 nitrogen and oxygen atoms in total. The highest BCUT2D eigenvalue weighted by Crippen LogP contribution is 2.39. The van der Waals surface area contributed by atoms with E-state index in [4.69, 9.17) is 19.5 Å². The van der Waals surface area contributed by atoms with Crippen LogP contribution in [0.15, 0.2) is 36.4 Å². The van der Waals surface area contributed by atoms with E-state index in [-0.39, 0.29) is 6.10 Å². The van der Waals surface area contributed by atoms with E-state index in [0.29, 0.717) is 17.9 Å². The van der Waals surface area contributed by atoms with Gasteiger partial charge in [-0.3, -0.25) is 0 Å². The molecule has 0 amide bonds. The molecule has 1 aliphatic heterocycles. The molecule has 0 saturated heterocycles. The number of fused-ring (bicyclic) bond motifs is 1. The van der Waals surface area contributed by atoms with Gasteiger partial charge in [-0.15, -0.1) is 0 Å². The van der Waals surface area contributed by atoms with Crippen LogP contribution in [-0.4, -0.2) is 20.8 Å². The number of rotatable bonds is 3. The van der Waals surface area contributed by atoms with Crippen molar-refractivity contribution >= 4 is 0 Å². The molecule has 3 rings (SSSR count). The molecule has 1 aliphatic rings. The van der Waals surface area contributed by atoms with Crippen molar-refractivity contribution in [3.05, 3.63) is 58.7 Å². The van der Waals surface area contributed by atoms with Crippen LogP contribution < -0.4 is 9.47 Å². The molecule has 0 aromatic heterocycles. The highest BCUT2D eigenvalue weighted by Gasteiger charge is 2.25. The fourth-order valence-electron chi connectivity index (χ4n) is 2.78. The van der Waals surface area contributed by atoms with Gasteiger partial charge in [0.2, 0.25) is 0 Å². The van der Waals surface area contributed by atoms with Crippen molar-refractivity contribution in [2.75, 3.05) is 20.8 Å². The molecule has 0 N–H and O–H groups in total. The molecule has 0 saturated carbocycles. The van der Waals surface area contributed by atoms with Gasteiger partial charge in [0.25, 0.3) is 0 Å². The largest absolute Gasteiger partial charge is 0.493 e. The van der Waals surface area contributed by atoms with E-state index >= 15 is 0 Å². The Morgan fingerprint density at radius 2 is 1.77 bits per heavy atom. The number of ether oxygens (including phenoxy) is 3. The summed E-state index contributed by atoms with van der Waals surface area (Å²) in [7, 11) is 3.27. The summed E-state index contributed by atoms with van der Waals surface area (Å²) in [6, 6.07) is 13.6. The summed E-state index contributed by atoms with van der Waals surface area (Å²) in [6.45, 7) is 0.660. The molecule has 22 heavy (non-hydrogen) atoms. The van der Waals surface area contributed by atoms with Crippen molar-refractivity contribution in [3.63, 3.8) is 0 Å². The number of methoxy groups -OCH3 is 2. The van der Waals surface area contributed by atoms with Crippen molar-refractivity contribution in [1.82, 2.24) is 0 Å². The average molecular weight is 295 g/mol. The fraction of sp³-hybridized carbons (Fsp3) is 0.278. The summed E-state index contributed by atoms with van der Waals surface area (Å²) < 4.78 is 16.7. The first kappa shape index (κ1) is 14.4. The molecule has 0 fully saturated rings. The van der Waals surface area contributed by atoms with Gasteiger partial charge < -0.3 is 14.2 Å². The van der Waals surface area contributed by atoms with E-state index in [2.05, 4.69) is 6.07 Å². The Morgan fingerprint density at radius 3 is 2.41 bits per heavy atom. The molecular formula is C18H17NO3. The van der Waals surface area contributed by atoms with Crippen LogP contribution in [0, 0.1) is 11.3 Å². The molecule has 0 radical (unpaired) electrons. The topological polar surface area (TPSA) is 51.5 Å². The number of hydrogen-bond acceptors (Lipinski definition) is 4. The Labute approximate surface area is 129 Å². The van der Waals surface area contributed by atoms with Gasteiger partial charge >= 0.3 is 0 Å². The molecule has 0 spiro atoms. The Balaban J connectivity index is 2.04. The highest BCUT2D eigenvalue weighted by atomic mass is 16.5. The Hall–Kier alpha value is -2.51. The van der Waals surface area contributed by atoms with Crippen LogP contribution in [0.3, 0.4) is 0 Å². The second-order valence-corrected chi connectivity index (χ2v) is 5.14. The van der Waals surface area contributed by atoms with Gasteiger partial charge in [-0.2, -0.15) is 5.26 Å². The minimum absolute atomic E-state index is 0.142. The predicted molar refractivity (Wildman–Crippen MR) is 82.2 cm³/mol. The van der Waals surface area contributed by atoms with Crippen molar-refractivity contribution in [2.24, 2.45) is 0 Å². The zero-order valence-corrected chi connectivity index (χ0v) is 12.6. The second kappa shape index (κ2) is 6.08. The first-order chi connectivity index (χ1) is 10.8. The summed E-state index contributed by atoms with van der Waals surface area (Å²) in [6.07, 6.45) is 0.707. The molecule has 2 aromatic carbocycles. The van der Waals surface area contributed by atoms with Crippen molar-refractivity contribution in [2.45, 2.75) is 12.5 Å². The quantitative estimate of drug-likeness (QED) is 0.872. The smallest absolute Gasteiger partial charge is 0.161 e. The van der Waals surface area contributed by atoms with Crippen molar-refractivity contribution < 1.29 is 14.2 Å². The number of hydrogen-bond donors (Lipinski definition) is 0. The lowest BCUT2D eigenvalue weighted by Gasteiger charge is -2.27. The molecule has 2 aromatic rings. The third kappa shape index (κ3) is 2.51. The van der Waals surface area contributed by atoms with Crippen LogP contribution in [0.2, 0.25) is 0 Å². The van der Waals surface area contributed by atoms with Gasteiger partial charge in [0.1, 0.15) is 6.10 Å². The lowest BCUT2D eigenvalue weighted by molar-refractivity contribution is 0.0695. The first-order valence-corrected chi connectivity index (χ1v) is 7.13. The minimum atomic E-state index is -0.142. The molecule has 1 atom stereocenters.